The SMILES string of the molecule is C#COC(=O)CC(O)C(c1c(-c2ccc(F)cc2)cc(C(C)(C)C)nc1C(C)C)[P+](=O)O. The Morgan fingerprint density at radius 1 is 1.28 bits per heavy atom. The molecule has 0 amide bonds. The maximum Gasteiger partial charge on any atom is 0.516 e. The number of aromatic nitrogens is 1. The van der Waals surface area contributed by atoms with Gasteiger partial charge in [-0.25, -0.2) is 4.39 Å². The third kappa shape index (κ3) is 5.98. The molecule has 3 atom stereocenters. The standard InChI is InChI=1S/C24H27FNO5P/c1-7-31-20(28)13-18(27)23(32(29)30)21-17(15-8-10-16(25)11-9-15)12-19(24(4,5)6)26-22(21)14(2)3/h1,8-12,14,18,23,27H,13H2,2-6H3/p+1. The minimum absolute atomic E-state index is 0.172. The lowest BCUT2D eigenvalue weighted by molar-refractivity contribution is -0.139. The number of hydrogen-bond donors (Lipinski definition) is 2. The molecule has 1 aromatic heterocycles. The third-order valence-corrected chi connectivity index (χ3v) is 6.08. The smallest absolute Gasteiger partial charge is 0.387 e. The first kappa shape index (κ1) is 25.6. The fraction of sp³-hybridized carbons (Fsp3) is 0.417. The normalized spacial score (nSPS) is 13.9. The lowest BCUT2D eigenvalue weighted by Crippen LogP contribution is -2.24. The van der Waals surface area contributed by atoms with Gasteiger partial charge in [0, 0.05) is 16.7 Å². The fourth-order valence-corrected chi connectivity index (χ4v) is 4.31. The Morgan fingerprint density at radius 3 is 2.34 bits per heavy atom. The van der Waals surface area contributed by atoms with Crippen molar-refractivity contribution in [2.75, 3.05) is 0 Å². The zero-order valence-electron chi connectivity index (χ0n) is 18.8. The number of nitrogens with zero attached hydrogens (tertiary/aromatic N) is 1. The van der Waals surface area contributed by atoms with E-state index in [2.05, 4.69) is 4.74 Å². The summed E-state index contributed by atoms with van der Waals surface area (Å²) in [6, 6.07) is 7.49. The summed E-state index contributed by atoms with van der Waals surface area (Å²) in [6.07, 6.45) is 4.57. The van der Waals surface area contributed by atoms with Gasteiger partial charge in [-0.3, -0.25) is 9.78 Å². The molecule has 1 heterocycles. The number of pyridine rings is 1. The zero-order valence-corrected chi connectivity index (χ0v) is 19.7. The van der Waals surface area contributed by atoms with E-state index in [-0.39, 0.29) is 11.3 Å². The number of halogens is 1. The van der Waals surface area contributed by atoms with Crippen LogP contribution in [-0.4, -0.2) is 27.1 Å². The van der Waals surface area contributed by atoms with Crippen LogP contribution in [0, 0.1) is 18.3 Å². The van der Waals surface area contributed by atoms with Gasteiger partial charge in [-0.15, -0.1) is 0 Å². The lowest BCUT2D eigenvalue weighted by Gasteiger charge is -2.26. The van der Waals surface area contributed by atoms with E-state index in [0.29, 0.717) is 22.4 Å². The van der Waals surface area contributed by atoms with E-state index in [0.717, 1.165) is 5.69 Å². The first-order valence-corrected chi connectivity index (χ1v) is 11.4. The van der Waals surface area contributed by atoms with Gasteiger partial charge in [0.1, 0.15) is 18.0 Å². The van der Waals surface area contributed by atoms with Crippen LogP contribution in [0.2, 0.25) is 0 Å². The van der Waals surface area contributed by atoms with Crippen molar-refractivity contribution in [3.8, 4) is 23.7 Å². The Labute approximate surface area is 188 Å². The van der Waals surface area contributed by atoms with Gasteiger partial charge in [-0.1, -0.05) is 53.2 Å². The highest BCUT2D eigenvalue weighted by Gasteiger charge is 2.44. The van der Waals surface area contributed by atoms with Crippen LogP contribution >= 0.6 is 8.03 Å². The third-order valence-electron chi connectivity index (χ3n) is 5.01. The van der Waals surface area contributed by atoms with Gasteiger partial charge in [0.15, 0.2) is 0 Å². The van der Waals surface area contributed by atoms with E-state index in [4.69, 9.17) is 11.4 Å². The number of hydrogen-bond acceptors (Lipinski definition) is 5. The monoisotopic (exact) mass is 460 g/mol. The summed E-state index contributed by atoms with van der Waals surface area (Å²) >= 11 is 0. The summed E-state index contributed by atoms with van der Waals surface area (Å²) in [6.45, 7) is 9.73. The molecule has 8 heteroatoms. The van der Waals surface area contributed by atoms with E-state index >= 15 is 0 Å². The van der Waals surface area contributed by atoms with Crippen molar-refractivity contribution < 1.29 is 28.5 Å². The number of carbonyl (C=O) groups excluding carboxylic acids is 1. The average molecular weight is 460 g/mol. The number of carbonyl (C=O) groups is 1. The van der Waals surface area contributed by atoms with Gasteiger partial charge < -0.3 is 9.84 Å². The van der Waals surface area contributed by atoms with E-state index < -0.39 is 38.0 Å². The largest absolute Gasteiger partial charge is 0.516 e. The van der Waals surface area contributed by atoms with Crippen molar-refractivity contribution in [3.63, 3.8) is 0 Å². The summed E-state index contributed by atoms with van der Waals surface area (Å²) in [7, 11) is -2.98. The van der Waals surface area contributed by atoms with Crippen LogP contribution in [0.1, 0.15) is 69.6 Å². The molecule has 2 N–H and O–H groups in total. The zero-order chi connectivity index (χ0) is 24.2. The van der Waals surface area contributed by atoms with Crippen molar-refractivity contribution in [1.82, 2.24) is 4.98 Å². The van der Waals surface area contributed by atoms with Crippen LogP contribution < -0.4 is 0 Å². The van der Waals surface area contributed by atoms with Crippen molar-refractivity contribution in [3.05, 3.63) is 53.1 Å². The van der Waals surface area contributed by atoms with Gasteiger partial charge in [-0.2, -0.15) is 4.89 Å². The quantitative estimate of drug-likeness (QED) is 0.344. The number of terminal acetylenes is 1. The highest BCUT2D eigenvalue weighted by molar-refractivity contribution is 7.38. The number of benzene rings is 1. The van der Waals surface area contributed by atoms with Crippen LogP contribution in [0.25, 0.3) is 11.1 Å². The Hall–Kier alpha value is -2.65. The molecule has 2 rings (SSSR count). The second-order valence-corrected chi connectivity index (χ2v) is 10.0. The molecule has 1 aromatic carbocycles. The summed E-state index contributed by atoms with van der Waals surface area (Å²) < 4.78 is 30.5. The molecule has 0 aliphatic rings. The second kappa shape index (κ2) is 10.3. The van der Waals surface area contributed by atoms with Crippen LogP contribution in [0.4, 0.5) is 4.39 Å². The first-order valence-electron chi connectivity index (χ1n) is 10.2. The van der Waals surface area contributed by atoms with Crippen molar-refractivity contribution in [2.45, 2.75) is 64.1 Å². The molecule has 0 radical (unpaired) electrons. The molecule has 0 fully saturated rings. The molecule has 6 nitrogen and oxygen atoms in total. The molecular formula is C24H28FNO5P+. The molecular weight excluding hydrogens is 432 g/mol. The maximum atomic E-state index is 13.6. The number of ether oxygens (including phenoxy) is 1. The van der Waals surface area contributed by atoms with Crippen LogP contribution in [0.5, 0.6) is 0 Å². The van der Waals surface area contributed by atoms with E-state index in [1.54, 1.807) is 24.3 Å². The summed E-state index contributed by atoms with van der Waals surface area (Å²) in [5.74, 6) is -1.49. The molecule has 170 valence electrons. The minimum Gasteiger partial charge on any atom is -0.387 e. The van der Waals surface area contributed by atoms with E-state index in [9.17, 15) is 23.7 Å². The van der Waals surface area contributed by atoms with E-state index in [1.807, 2.05) is 34.6 Å². The van der Waals surface area contributed by atoms with Crippen LogP contribution in [0.15, 0.2) is 30.3 Å². The summed E-state index contributed by atoms with van der Waals surface area (Å²) in [4.78, 5) is 26.8. The van der Waals surface area contributed by atoms with Crippen LogP contribution in [-0.2, 0) is 19.5 Å². The Morgan fingerprint density at radius 2 is 1.88 bits per heavy atom. The maximum absolute atomic E-state index is 13.6. The van der Waals surface area contributed by atoms with Gasteiger partial charge in [0.05, 0.1) is 12.1 Å². The Bertz CT molecular complexity index is 1040. The molecule has 0 saturated carbocycles. The van der Waals surface area contributed by atoms with Gasteiger partial charge in [-0.05, 0) is 39.8 Å². The average Bonchev–Trinajstić information content (AvgIpc) is 2.67. The molecule has 0 spiro atoms. The molecule has 0 aliphatic carbocycles. The minimum atomic E-state index is -2.98. The first-order chi connectivity index (χ1) is 14.9. The molecule has 0 saturated heterocycles. The second-order valence-electron chi connectivity index (χ2n) is 8.88. The summed E-state index contributed by atoms with van der Waals surface area (Å²) in [5.41, 5.74) is 1.04. The molecule has 0 aliphatic heterocycles. The van der Waals surface area contributed by atoms with Crippen molar-refractivity contribution in [2.24, 2.45) is 0 Å². The highest BCUT2D eigenvalue weighted by Crippen LogP contribution is 2.48. The van der Waals surface area contributed by atoms with Gasteiger partial charge >= 0.3 is 14.0 Å². The highest BCUT2D eigenvalue weighted by atomic mass is 31.1. The van der Waals surface area contributed by atoms with E-state index in [1.165, 1.54) is 12.1 Å². The number of aliphatic hydroxyl groups is 1. The fourth-order valence-electron chi connectivity index (χ4n) is 3.42. The number of esters is 1. The van der Waals surface area contributed by atoms with Gasteiger partial charge in [0.25, 0.3) is 0 Å². The van der Waals surface area contributed by atoms with Gasteiger partial charge in [0.2, 0.25) is 5.66 Å². The molecule has 0 bridgehead atoms. The van der Waals surface area contributed by atoms with Crippen molar-refractivity contribution >= 4 is 14.0 Å². The predicted octanol–water partition coefficient (Wildman–Crippen LogP) is 4.97. The van der Waals surface area contributed by atoms with Crippen LogP contribution in [0.3, 0.4) is 0 Å². The topological polar surface area (TPSA) is 96.7 Å². The summed E-state index contributed by atoms with van der Waals surface area (Å²) in [5, 5.41) is 10.8. The molecule has 3 unspecified atom stereocenters. The van der Waals surface area contributed by atoms with Crippen molar-refractivity contribution in [1.29, 1.82) is 0 Å². The number of aliphatic hydroxyl groups excluding tert-OH is 1. The Kier molecular flexibility index (Phi) is 8.25. The predicted molar refractivity (Wildman–Crippen MR) is 121 cm³/mol. The lowest BCUT2D eigenvalue weighted by atomic mass is 9.84. The number of rotatable bonds is 7. The molecule has 32 heavy (non-hydrogen) atoms. The Balaban J connectivity index is 2.84. The molecule has 2 aromatic rings.